The molecule has 66 valence electrons. The van der Waals surface area contributed by atoms with Gasteiger partial charge in [-0.2, -0.15) is 0 Å². The molecule has 3 nitrogen and oxygen atoms in total. The van der Waals surface area contributed by atoms with Gasteiger partial charge in [0, 0.05) is 5.56 Å². The summed E-state index contributed by atoms with van der Waals surface area (Å²) in [6, 6.07) is 7.32. The van der Waals surface area contributed by atoms with Crippen LogP contribution in [0.1, 0.15) is 15.9 Å². The van der Waals surface area contributed by atoms with Crippen molar-refractivity contribution < 1.29 is 9.53 Å². The molecule has 1 aromatic carbocycles. The Hall–Kier alpha value is -1.64. The smallest absolute Gasteiger partial charge is 0.253 e. The molecule has 0 atom stereocenters. The van der Waals surface area contributed by atoms with E-state index in [0.717, 1.165) is 5.56 Å². The molecule has 0 aromatic heterocycles. The molecule has 1 aliphatic rings. The molecule has 0 spiro atoms. The summed E-state index contributed by atoms with van der Waals surface area (Å²) in [4.78, 5) is 11.6. The van der Waals surface area contributed by atoms with Gasteiger partial charge < -0.3 is 5.21 Å². The number of carbonyl (C=O) groups excluding carboxylic acids is 1. The van der Waals surface area contributed by atoms with Crippen LogP contribution < -0.4 is 0 Å². The van der Waals surface area contributed by atoms with E-state index in [1.165, 1.54) is 7.05 Å². The number of hydroxylamine groups is 1. The highest BCUT2D eigenvalue weighted by Crippen LogP contribution is 2.19. The minimum absolute atomic E-state index is 0.131. The van der Waals surface area contributed by atoms with E-state index in [4.69, 9.17) is 0 Å². The van der Waals surface area contributed by atoms with E-state index in [-0.39, 0.29) is 5.78 Å². The number of Topliss-reactive ketones (excluding diaryl/α,β-unsaturated/α-hetero) is 1. The zero-order valence-corrected chi connectivity index (χ0v) is 7.28. The van der Waals surface area contributed by atoms with Gasteiger partial charge in [-0.3, -0.25) is 4.79 Å². The average Bonchev–Trinajstić information content (AvgIpc) is 2.45. The quantitative estimate of drug-likeness (QED) is 0.335. The fraction of sp³-hybridized carbons (Fsp3) is 0.200. The Morgan fingerprint density at radius 2 is 2.08 bits per heavy atom. The van der Waals surface area contributed by atoms with Gasteiger partial charge in [-0.05, 0) is 5.56 Å². The van der Waals surface area contributed by atoms with Crippen molar-refractivity contribution in [2.24, 2.45) is 0 Å². The van der Waals surface area contributed by atoms with E-state index >= 15 is 0 Å². The summed E-state index contributed by atoms with van der Waals surface area (Å²) in [5.41, 5.74) is 1.95. The summed E-state index contributed by atoms with van der Waals surface area (Å²) in [5.74, 6) is -0.131. The summed E-state index contributed by atoms with van der Waals surface area (Å²) in [7, 11) is 1.36. The molecular formula is C10H9NO2. The second-order valence-electron chi connectivity index (χ2n) is 3.11. The summed E-state index contributed by atoms with van der Waals surface area (Å²) >= 11 is 0. The van der Waals surface area contributed by atoms with Crippen molar-refractivity contribution in [1.82, 2.24) is 0 Å². The molecule has 1 aromatic rings. The van der Waals surface area contributed by atoms with Crippen molar-refractivity contribution in [1.29, 1.82) is 0 Å². The van der Waals surface area contributed by atoms with Crippen LogP contribution in [0.25, 0.3) is 0 Å². The SMILES string of the molecule is C/[N+]([O-])=C1/Cc2ccccc2C1=O. The second-order valence-corrected chi connectivity index (χ2v) is 3.11. The van der Waals surface area contributed by atoms with Gasteiger partial charge in [-0.1, -0.05) is 24.3 Å². The second kappa shape index (κ2) is 2.69. The van der Waals surface area contributed by atoms with Crippen molar-refractivity contribution in [3.05, 3.63) is 40.6 Å². The Kier molecular flexibility index (Phi) is 1.65. The Labute approximate surface area is 75.9 Å². The highest BCUT2D eigenvalue weighted by atomic mass is 16.5. The number of hydrogen-bond acceptors (Lipinski definition) is 2. The molecule has 0 saturated heterocycles. The van der Waals surface area contributed by atoms with Gasteiger partial charge in [0.15, 0.2) is 0 Å². The van der Waals surface area contributed by atoms with Gasteiger partial charge in [-0.15, -0.1) is 0 Å². The summed E-state index contributed by atoms with van der Waals surface area (Å²) in [6.45, 7) is 0. The molecule has 0 bridgehead atoms. The molecule has 1 aliphatic carbocycles. The van der Waals surface area contributed by atoms with Crippen LogP contribution in [0.15, 0.2) is 24.3 Å². The standard InChI is InChI=1S/C10H9NO2/c1-11(13)9-6-7-4-2-3-5-8(7)10(9)12/h2-5H,6H2,1H3/b11-9+. The van der Waals surface area contributed by atoms with Crippen LogP contribution in [0, 0.1) is 5.21 Å². The third kappa shape index (κ3) is 1.13. The number of carbonyl (C=O) groups is 1. The minimum Gasteiger partial charge on any atom is -0.624 e. The molecule has 0 fully saturated rings. The van der Waals surface area contributed by atoms with Crippen molar-refractivity contribution in [2.75, 3.05) is 7.05 Å². The van der Waals surface area contributed by atoms with Gasteiger partial charge >= 0.3 is 0 Å². The molecular weight excluding hydrogens is 166 g/mol. The molecule has 0 aliphatic heterocycles. The number of fused-ring (bicyclic) bond motifs is 1. The molecule has 0 heterocycles. The zero-order chi connectivity index (χ0) is 9.42. The number of nitrogens with zero attached hydrogens (tertiary/aromatic N) is 1. The predicted octanol–water partition coefficient (Wildman–Crippen LogP) is 1.01. The van der Waals surface area contributed by atoms with Crippen LogP contribution in [0.3, 0.4) is 0 Å². The number of hydrogen-bond donors (Lipinski definition) is 0. The molecule has 0 N–H and O–H groups in total. The molecule has 2 rings (SSSR count). The first-order valence-corrected chi connectivity index (χ1v) is 4.09. The van der Waals surface area contributed by atoms with E-state index in [2.05, 4.69) is 0 Å². The lowest BCUT2D eigenvalue weighted by Gasteiger charge is -1.97. The molecule has 0 saturated carbocycles. The fourth-order valence-electron chi connectivity index (χ4n) is 1.57. The van der Waals surface area contributed by atoms with E-state index in [1.807, 2.05) is 18.2 Å². The monoisotopic (exact) mass is 175 g/mol. The van der Waals surface area contributed by atoms with Crippen LogP contribution in [-0.2, 0) is 6.42 Å². The highest BCUT2D eigenvalue weighted by Gasteiger charge is 2.30. The topological polar surface area (TPSA) is 43.1 Å². The van der Waals surface area contributed by atoms with E-state index in [0.29, 0.717) is 22.4 Å². The first-order chi connectivity index (χ1) is 6.20. The van der Waals surface area contributed by atoms with Crippen molar-refractivity contribution in [3.63, 3.8) is 0 Å². The molecule has 3 heteroatoms. The van der Waals surface area contributed by atoms with Crippen LogP contribution in [0.2, 0.25) is 0 Å². The van der Waals surface area contributed by atoms with E-state index in [1.54, 1.807) is 6.07 Å². The maximum atomic E-state index is 11.6. The lowest BCUT2D eigenvalue weighted by molar-refractivity contribution is -0.422. The molecule has 0 radical (unpaired) electrons. The lowest BCUT2D eigenvalue weighted by Crippen LogP contribution is -2.18. The van der Waals surface area contributed by atoms with Crippen molar-refractivity contribution in [2.45, 2.75) is 6.42 Å². The first-order valence-electron chi connectivity index (χ1n) is 4.09. The molecule has 13 heavy (non-hydrogen) atoms. The summed E-state index contributed by atoms with van der Waals surface area (Å²) in [5, 5.41) is 11.0. The Bertz CT molecular complexity index is 403. The normalized spacial score (nSPS) is 18.7. The van der Waals surface area contributed by atoms with Crippen molar-refractivity contribution >= 4 is 11.5 Å². The van der Waals surface area contributed by atoms with Gasteiger partial charge in [0.2, 0.25) is 5.71 Å². The maximum Gasteiger partial charge on any atom is 0.253 e. The molecule has 0 amide bonds. The van der Waals surface area contributed by atoms with Crippen molar-refractivity contribution in [3.8, 4) is 0 Å². The van der Waals surface area contributed by atoms with E-state index in [9.17, 15) is 10.0 Å². The van der Waals surface area contributed by atoms with Gasteiger partial charge in [0.25, 0.3) is 5.78 Å². The van der Waals surface area contributed by atoms with Crippen LogP contribution in [0.5, 0.6) is 0 Å². The zero-order valence-electron chi connectivity index (χ0n) is 7.28. The van der Waals surface area contributed by atoms with Gasteiger partial charge in [-0.25, -0.2) is 4.74 Å². The third-order valence-electron chi connectivity index (χ3n) is 2.26. The Balaban J connectivity index is 2.57. The Morgan fingerprint density at radius 1 is 1.38 bits per heavy atom. The number of rotatable bonds is 0. The fourth-order valence-corrected chi connectivity index (χ4v) is 1.57. The molecule has 0 unspecified atom stereocenters. The number of benzene rings is 1. The Morgan fingerprint density at radius 3 is 2.69 bits per heavy atom. The average molecular weight is 175 g/mol. The van der Waals surface area contributed by atoms with E-state index < -0.39 is 0 Å². The highest BCUT2D eigenvalue weighted by molar-refractivity contribution is 6.47. The largest absolute Gasteiger partial charge is 0.624 e. The number of ketones is 1. The van der Waals surface area contributed by atoms with Gasteiger partial charge in [0.1, 0.15) is 7.05 Å². The third-order valence-corrected chi connectivity index (χ3v) is 2.26. The van der Waals surface area contributed by atoms with Crippen LogP contribution >= 0.6 is 0 Å². The minimum atomic E-state index is -0.131. The lowest BCUT2D eigenvalue weighted by atomic mass is 10.1. The summed E-state index contributed by atoms with van der Waals surface area (Å²) in [6.07, 6.45) is 0.467. The predicted molar refractivity (Wildman–Crippen MR) is 49.0 cm³/mol. The first kappa shape index (κ1) is 7.98. The summed E-state index contributed by atoms with van der Waals surface area (Å²) < 4.78 is 0.655. The maximum absolute atomic E-state index is 11.6. The van der Waals surface area contributed by atoms with Crippen LogP contribution in [0.4, 0.5) is 0 Å². The van der Waals surface area contributed by atoms with Gasteiger partial charge in [0.05, 0.1) is 6.42 Å². The van der Waals surface area contributed by atoms with Crippen LogP contribution in [-0.4, -0.2) is 23.3 Å².